The molecule has 2 unspecified atom stereocenters. The predicted molar refractivity (Wildman–Crippen MR) is 84.9 cm³/mol. The lowest BCUT2D eigenvalue weighted by Gasteiger charge is -2.26. The minimum atomic E-state index is 0.310. The van der Waals surface area contributed by atoms with Crippen LogP contribution in [0.3, 0.4) is 0 Å². The van der Waals surface area contributed by atoms with E-state index < -0.39 is 0 Å². The molecule has 0 aliphatic rings. The maximum absolute atomic E-state index is 4.35. The first-order valence-corrected chi connectivity index (χ1v) is 7.42. The van der Waals surface area contributed by atoms with E-state index in [2.05, 4.69) is 67.5 Å². The Bertz CT molecular complexity index is 522. The topological polar surface area (TPSA) is 24.9 Å². The third-order valence-electron chi connectivity index (χ3n) is 3.69. The Hall–Kier alpha value is -1.67. The van der Waals surface area contributed by atoms with Gasteiger partial charge in [0.25, 0.3) is 0 Å². The summed E-state index contributed by atoms with van der Waals surface area (Å²) in [5, 5.41) is 3.67. The maximum atomic E-state index is 4.35. The smallest absolute Gasteiger partial charge is 0.0402 e. The van der Waals surface area contributed by atoms with E-state index >= 15 is 0 Å². The molecule has 0 aliphatic carbocycles. The minimum Gasteiger partial charge on any atom is -0.309 e. The molecule has 0 amide bonds. The van der Waals surface area contributed by atoms with Gasteiger partial charge in [-0.25, -0.2) is 0 Å². The number of pyridine rings is 1. The predicted octanol–water partition coefficient (Wildman–Crippen LogP) is 4.23. The number of benzene rings is 1. The molecule has 2 rings (SSSR count). The van der Waals surface area contributed by atoms with E-state index in [4.69, 9.17) is 0 Å². The molecule has 1 aromatic carbocycles. The molecule has 1 N–H and O–H groups in total. The van der Waals surface area contributed by atoms with Gasteiger partial charge in [-0.15, -0.1) is 0 Å². The van der Waals surface area contributed by atoms with Crippen molar-refractivity contribution in [2.75, 3.05) is 6.54 Å². The van der Waals surface area contributed by atoms with E-state index in [1.54, 1.807) is 0 Å². The van der Waals surface area contributed by atoms with E-state index in [0.29, 0.717) is 12.0 Å². The van der Waals surface area contributed by atoms with Gasteiger partial charge in [0.15, 0.2) is 0 Å². The second-order valence-electron chi connectivity index (χ2n) is 5.43. The van der Waals surface area contributed by atoms with Gasteiger partial charge in [0.05, 0.1) is 0 Å². The molecule has 2 heteroatoms. The molecule has 1 aromatic heterocycles. The molecule has 20 heavy (non-hydrogen) atoms. The number of hydrogen-bond acceptors (Lipinski definition) is 2. The van der Waals surface area contributed by atoms with Crippen molar-refractivity contribution in [1.29, 1.82) is 0 Å². The molecule has 0 saturated carbocycles. The lowest BCUT2D eigenvalue weighted by Crippen LogP contribution is -2.27. The van der Waals surface area contributed by atoms with Crippen LogP contribution in [-0.2, 0) is 0 Å². The van der Waals surface area contributed by atoms with Crippen LogP contribution in [-0.4, -0.2) is 11.5 Å². The fraction of sp³-hybridized carbons (Fsp3) is 0.389. The standard InChI is InChI=1S/C18H24N2/c1-4-10-20-18(17-11-14(2)12-19-13-17)15(3)16-8-6-5-7-9-16/h5-9,11-13,15,18,20H,4,10H2,1-3H3. The summed E-state index contributed by atoms with van der Waals surface area (Å²) in [6, 6.07) is 13.2. The van der Waals surface area contributed by atoms with Gasteiger partial charge in [-0.1, -0.05) is 50.2 Å². The van der Waals surface area contributed by atoms with E-state index in [-0.39, 0.29) is 0 Å². The number of rotatable bonds is 6. The van der Waals surface area contributed by atoms with Crippen LogP contribution in [0.2, 0.25) is 0 Å². The Morgan fingerprint density at radius 1 is 1.10 bits per heavy atom. The van der Waals surface area contributed by atoms with Crippen LogP contribution >= 0.6 is 0 Å². The molecule has 0 aliphatic heterocycles. The average Bonchev–Trinajstić information content (AvgIpc) is 2.48. The molecule has 2 atom stereocenters. The van der Waals surface area contributed by atoms with Crippen molar-refractivity contribution in [3.63, 3.8) is 0 Å². The highest BCUT2D eigenvalue weighted by Crippen LogP contribution is 2.30. The number of aryl methyl sites for hydroxylation is 1. The summed E-state index contributed by atoms with van der Waals surface area (Å²) < 4.78 is 0. The average molecular weight is 268 g/mol. The van der Waals surface area contributed by atoms with E-state index in [9.17, 15) is 0 Å². The summed E-state index contributed by atoms with van der Waals surface area (Å²) in [6.07, 6.45) is 5.03. The summed E-state index contributed by atoms with van der Waals surface area (Å²) in [5.74, 6) is 0.423. The zero-order valence-electron chi connectivity index (χ0n) is 12.6. The normalized spacial score (nSPS) is 13.9. The second-order valence-corrected chi connectivity index (χ2v) is 5.43. The number of nitrogens with one attached hydrogen (secondary N) is 1. The van der Waals surface area contributed by atoms with Crippen LogP contribution in [0.15, 0.2) is 48.8 Å². The highest BCUT2D eigenvalue weighted by atomic mass is 14.9. The van der Waals surface area contributed by atoms with Gasteiger partial charge in [-0.3, -0.25) is 4.98 Å². The van der Waals surface area contributed by atoms with E-state index in [1.807, 2.05) is 12.4 Å². The quantitative estimate of drug-likeness (QED) is 0.848. The first-order valence-electron chi connectivity index (χ1n) is 7.42. The summed E-state index contributed by atoms with van der Waals surface area (Å²) in [5.41, 5.74) is 3.85. The Labute approximate surface area is 122 Å². The zero-order chi connectivity index (χ0) is 14.4. The molecular formula is C18H24N2. The van der Waals surface area contributed by atoms with Crippen molar-refractivity contribution in [1.82, 2.24) is 10.3 Å². The number of aromatic nitrogens is 1. The van der Waals surface area contributed by atoms with Crippen LogP contribution in [0.5, 0.6) is 0 Å². The lowest BCUT2D eigenvalue weighted by atomic mass is 9.89. The van der Waals surface area contributed by atoms with Crippen LogP contribution in [0, 0.1) is 6.92 Å². The molecule has 0 fully saturated rings. The van der Waals surface area contributed by atoms with Gasteiger partial charge in [0.2, 0.25) is 0 Å². The van der Waals surface area contributed by atoms with Gasteiger partial charge in [-0.05, 0) is 36.6 Å². The molecule has 0 saturated heterocycles. The minimum absolute atomic E-state index is 0.310. The van der Waals surface area contributed by atoms with Crippen molar-refractivity contribution in [3.8, 4) is 0 Å². The van der Waals surface area contributed by atoms with Gasteiger partial charge < -0.3 is 5.32 Å². The van der Waals surface area contributed by atoms with Crippen LogP contribution < -0.4 is 5.32 Å². The molecule has 0 bridgehead atoms. The lowest BCUT2D eigenvalue weighted by molar-refractivity contribution is 0.465. The summed E-state index contributed by atoms with van der Waals surface area (Å²) in [6.45, 7) is 7.60. The van der Waals surface area contributed by atoms with Crippen LogP contribution in [0.25, 0.3) is 0 Å². The first-order chi connectivity index (χ1) is 9.72. The van der Waals surface area contributed by atoms with E-state index in [1.165, 1.54) is 16.7 Å². The number of nitrogens with zero attached hydrogens (tertiary/aromatic N) is 1. The molecule has 0 spiro atoms. The Morgan fingerprint density at radius 2 is 1.85 bits per heavy atom. The summed E-state index contributed by atoms with van der Waals surface area (Å²) >= 11 is 0. The van der Waals surface area contributed by atoms with Crippen LogP contribution in [0.1, 0.15) is 48.9 Å². The van der Waals surface area contributed by atoms with Gasteiger partial charge in [-0.2, -0.15) is 0 Å². The molecule has 2 nitrogen and oxygen atoms in total. The molecule has 2 aromatic rings. The highest BCUT2D eigenvalue weighted by molar-refractivity contribution is 5.27. The van der Waals surface area contributed by atoms with E-state index in [0.717, 1.165) is 13.0 Å². The Balaban J connectivity index is 2.27. The number of hydrogen-bond donors (Lipinski definition) is 1. The van der Waals surface area contributed by atoms with Crippen molar-refractivity contribution < 1.29 is 0 Å². The van der Waals surface area contributed by atoms with Gasteiger partial charge in [0, 0.05) is 24.4 Å². The summed E-state index contributed by atoms with van der Waals surface area (Å²) in [7, 11) is 0. The molecule has 1 heterocycles. The fourth-order valence-electron chi connectivity index (χ4n) is 2.58. The Kier molecular flexibility index (Phi) is 5.31. The van der Waals surface area contributed by atoms with Crippen molar-refractivity contribution in [2.45, 2.75) is 39.2 Å². The van der Waals surface area contributed by atoms with Crippen molar-refractivity contribution in [2.24, 2.45) is 0 Å². The monoisotopic (exact) mass is 268 g/mol. The van der Waals surface area contributed by atoms with Crippen molar-refractivity contribution >= 4 is 0 Å². The highest BCUT2D eigenvalue weighted by Gasteiger charge is 2.20. The SMILES string of the molecule is CCCNC(c1cncc(C)c1)C(C)c1ccccc1. The van der Waals surface area contributed by atoms with Gasteiger partial charge >= 0.3 is 0 Å². The third-order valence-corrected chi connectivity index (χ3v) is 3.69. The zero-order valence-corrected chi connectivity index (χ0v) is 12.6. The second kappa shape index (κ2) is 7.20. The maximum Gasteiger partial charge on any atom is 0.0402 e. The molecule has 106 valence electrons. The largest absolute Gasteiger partial charge is 0.309 e. The van der Waals surface area contributed by atoms with Crippen molar-refractivity contribution in [3.05, 3.63) is 65.5 Å². The summed E-state index contributed by atoms with van der Waals surface area (Å²) in [4.78, 5) is 4.35. The van der Waals surface area contributed by atoms with Gasteiger partial charge in [0.1, 0.15) is 0 Å². The Morgan fingerprint density at radius 3 is 2.50 bits per heavy atom. The fourth-order valence-corrected chi connectivity index (χ4v) is 2.58. The third kappa shape index (κ3) is 3.67. The molecular weight excluding hydrogens is 244 g/mol. The van der Waals surface area contributed by atoms with Crippen LogP contribution in [0.4, 0.5) is 0 Å². The first kappa shape index (κ1) is 14.7. The molecule has 0 radical (unpaired) electrons.